The summed E-state index contributed by atoms with van der Waals surface area (Å²) in [4.78, 5) is 0. The Morgan fingerprint density at radius 3 is 2.12 bits per heavy atom. The molecular formula is C15H25N. The van der Waals surface area contributed by atoms with Crippen molar-refractivity contribution in [1.82, 2.24) is 5.32 Å². The van der Waals surface area contributed by atoms with Crippen molar-refractivity contribution in [2.45, 2.75) is 52.6 Å². The summed E-state index contributed by atoms with van der Waals surface area (Å²) in [5.41, 5.74) is 1.37. The molecule has 1 unspecified atom stereocenters. The first-order valence-electron chi connectivity index (χ1n) is 6.40. The zero-order valence-electron chi connectivity index (χ0n) is 11.0. The van der Waals surface area contributed by atoms with Crippen LogP contribution in [0.2, 0.25) is 0 Å². The molecule has 0 saturated carbocycles. The van der Waals surface area contributed by atoms with Gasteiger partial charge in [-0.1, -0.05) is 44.2 Å². The lowest BCUT2D eigenvalue weighted by Gasteiger charge is -2.21. The fourth-order valence-corrected chi connectivity index (χ4v) is 1.93. The van der Waals surface area contributed by atoms with E-state index in [2.05, 4.69) is 63.3 Å². The normalized spacial score (nSPS) is 15.1. The van der Waals surface area contributed by atoms with E-state index in [1.807, 2.05) is 0 Å². The van der Waals surface area contributed by atoms with E-state index >= 15 is 0 Å². The summed E-state index contributed by atoms with van der Waals surface area (Å²) in [5, 5.41) is 3.65. The van der Waals surface area contributed by atoms with Gasteiger partial charge >= 0.3 is 0 Å². The molecule has 2 atom stereocenters. The lowest BCUT2D eigenvalue weighted by atomic mass is 10.0. The van der Waals surface area contributed by atoms with E-state index in [0.29, 0.717) is 12.1 Å². The number of hydrogen-bond donors (Lipinski definition) is 1. The lowest BCUT2D eigenvalue weighted by Crippen LogP contribution is -2.29. The molecule has 0 heterocycles. The quantitative estimate of drug-likeness (QED) is 0.757. The van der Waals surface area contributed by atoms with Crippen LogP contribution in [0.25, 0.3) is 0 Å². The molecule has 0 saturated heterocycles. The highest BCUT2D eigenvalue weighted by Crippen LogP contribution is 2.14. The first-order chi connectivity index (χ1) is 7.59. The summed E-state index contributed by atoms with van der Waals surface area (Å²) >= 11 is 0. The highest BCUT2D eigenvalue weighted by molar-refractivity contribution is 5.18. The second-order valence-electron chi connectivity index (χ2n) is 5.17. The standard InChI is InChI=1S/C15H25N/c1-12(2)10-11-13(3)16-14(4)15-8-6-5-7-9-15/h5-9,12-14,16H,10-11H2,1-4H3/t13?,14-/m0/s1. The third-order valence-corrected chi connectivity index (χ3v) is 3.01. The van der Waals surface area contributed by atoms with Crippen LogP contribution in [0.3, 0.4) is 0 Å². The van der Waals surface area contributed by atoms with Gasteiger partial charge in [0.05, 0.1) is 0 Å². The molecule has 1 rings (SSSR count). The number of hydrogen-bond acceptors (Lipinski definition) is 1. The van der Waals surface area contributed by atoms with Gasteiger partial charge in [0, 0.05) is 12.1 Å². The highest BCUT2D eigenvalue weighted by Gasteiger charge is 2.09. The number of benzene rings is 1. The Hall–Kier alpha value is -0.820. The molecule has 0 spiro atoms. The van der Waals surface area contributed by atoms with Crippen LogP contribution in [0.5, 0.6) is 0 Å². The monoisotopic (exact) mass is 219 g/mol. The van der Waals surface area contributed by atoms with Crippen LogP contribution in [-0.2, 0) is 0 Å². The van der Waals surface area contributed by atoms with Gasteiger partial charge < -0.3 is 5.32 Å². The van der Waals surface area contributed by atoms with Crippen LogP contribution in [0.1, 0.15) is 52.1 Å². The van der Waals surface area contributed by atoms with Crippen LogP contribution in [-0.4, -0.2) is 6.04 Å². The van der Waals surface area contributed by atoms with E-state index in [0.717, 1.165) is 5.92 Å². The fourth-order valence-electron chi connectivity index (χ4n) is 1.93. The Balaban J connectivity index is 2.36. The zero-order valence-corrected chi connectivity index (χ0v) is 11.0. The minimum absolute atomic E-state index is 0.448. The third-order valence-electron chi connectivity index (χ3n) is 3.01. The minimum Gasteiger partial charge on any atom is -0.308 e. The van der Waals surface area contributed by atoms with Crippen LogP contribution >= 0.6 is 0 Å². The van der Waals surface area contributed by atoms with Crippen LogP contribution < -0.4 is 5.32 Å². The molecule has 0 aliphatic heterocycles. The average molecular weight is 219 g/mol. The van der Waals surface area contributed by atoms with E-state index < -0.39 is 0 Å². The van der Waals surface area contributed by atoms with Gasteiger partial charge in [-0.05, 0) is 38.2 Å². The molecule has 0 fully saturated rings. The van der Waals surface area contributed by atoms with Gasteiger partial charge in [0.25, 0.3) is 0 Å². The van der Waals surface area contributed by atoms with Gasteiger partial charge in [-0.2, -0.15) is 0 Å². The van der Waals surface area contributed by atoms with Gasteiger partial charge in [0.1, 0.15) is 0 Å². The molecule has 1 heteroatoms. The molecule has 16 heavy (non-hydrogen) atoms. The van der Waals surface area contributed by atoms with Crippen LogP contribution in [0.4, 0.5) is 0 Å². The SMILES string of the molecule is CC(C)CCC(C)N[C@@H](C)c1ccccc1. The van der Waals surface area contributed by atoms with Gasteiger partial charge in [0.2, 0.25) is 0 Å². The topological polar surface area (TPSA) is 12.0 Å². The Kier molecular flexibility index (Phi) is 5.54. The fraction of sp³-hybridized carbons (Fsp3) is 0.600. The summed E-state index contributed by atoms with van der Waals surface area (Å²) < 4.78 is 0. The molecule has 0 aromatic heterocycles. The minimum atomic E-state index is 0.448. The second-order valence-corrected chi connectivity index (χ2v) is 5.17. The molecule has 1 aromatic carbocycles. The average Bonchev–Trinajstić information content (AvgIpc) is 2.27. The molecule has 0 amide bonds. The molecule has 0 bridgehead atoms. The Morgan fingerprint density at radius 1 is 0.938 bits per heavy atom. The Bertz CT molecular complexity index is 279. The maximum Gasteiger partial charge on any atom is 0.0294 e. The Labute approximate surface area is 100 Å². The Morgan fingerprint density at radius 2 is 1.56 bits per heavy atom. The van der Waals surface area contributed by atoms with Gasteiger partial charge in [0.15, 0.2) is 0 Å². The van der Waals surface area contributed by atoms with E-state index in [1.165, 1.54) is 18.4 Å². The molecule has 90 valence electrons. The number of rotatable bonds is 6. The largest absolute Gasteiger partial charge is 0.308 e. The first kappa shape index (κ1) is 13.2. The summed E-state index contributed by atoms with van der Waals surface area (Å²) in [6, 6.07) is 11.7. The summed E-state index contributed by atoms with van der Waals surface area (Å²) in [6.45, 7) is 9.09. The van der Waals surface area contributed by atoms with Crippen LogP contribution in [0, 0.1) is 5.92 Å². The maximum absolute atomic E-state index is 3.65. The second kappa shape index (κ2) is 6.70. The summed E-state index contributed by atoms with van der Waals surface area (Å²) in [5.74, 6) is 0.802. The predicted octanol–water partition coefficient (Wildman–Crippen LogP) is 4.16. The zero-order chi connectivity index (χ0) is 12.0. The molecular weight excluding hydrogens is 194 g/mol. The van der Waals surface area contributed by atoms with E-state index in [9.17, 15) is 0 Å². The van der Waals surface area contributed by atoms with Crippen molar-refractivity contribution < 1.29 is 0 Å². The van der Waals surface area contributed by atoms with Crippen molar-refractivity contribution in [1.29, 1.82) is 0 Å². The van der Waals surface area contributed by atoms with E-state index in [1.54, 1.807) is 0 Å². The summed E-state index contributed by atoms with van der Waals surface area (Å²) in [6.07, 6.45) is 2.56. The molecule has 1 aromatic rings. The molecule has 1 N–H and O–H groups in total. The molecule has 0 radical (unpaired) electrons. The summed E-state index contributed by atoms with van der Waals surface area (Å²) in [7, 11) is 0. The molecule has 0 aliphatic rings. The van der Waals surface area contributed by atoms with Crippen molar-refractivity contribution in [2.75, 3.05) is 0 Å². The van der Waals surface area contributed by atoms with Crippen molar-refractivity contribution in [3.63, 3.8) is 0 Å². The van der Waals surface area contributed by atoms with Gasteiger partial charge in [-0.3, -0.25) is 0 Å². The van der Waals surface area contributed by atoms with Crippen molar-refractivity contribution in [2.24, 2.45) is 5.92 Å². The van der Waals surface area contributed by atoms with Crippen molar-refractivity contribution in [3.05, 3.63) is 35.9 Å². The predicted molar refractivity (Wildman–Crippen MR) is 71.5 cm³/mol. The maximum atomic E-state index is 3.65. The van der Waals surface area contributed by atoms with Gasteiger partial charge in [-0.15, -0.1) is 0 Å². The molecule has 1 nitrogen and oxygen atoms in total. The highest BCUT2D eigenvalue weighted by atomic mass is 14.9. The van der Waals surface area contributed by atoms with Crippen molar-refractivity contribution >= 4 is 0 Å². The van der Waals surface area contributed by atoms with Crippen molar-refractivity contribution in [3.8, 4) is 0 Å². The van der Waals surface area contributed by atoms with E-state index in [-0.39, 0.29) is 0 Å². The lowest BCUT2D eigenvalue weighted by molar-refractivity contribution is 0.417. The van der Waals surface area contributed by atoms with Gasteiger partial charge in [-0.25, -0.2) is 0 Å². The third kappa shape index (κ3) is 4.80. The van der Waals surface area contributed by atoms with Crippen LogP contribution in [0.15, 0.2) is 30.3 Å². The van der Waals surface area contributed by atoms with E-state index in [4.69, 9.17) is 0 Å². The number of nitrogens with one attached hydrogen (secondary N) is 1. The first-order valence-corrected chi connectivity index (χ1v) is 6.40. The molecule has 0 aliphatic carbocycles. The smallest absolute Gasteiger partial charge is 0.0294 e.